The van der Waals surface area contributed by atoms with E-state index in [2.05, 4.69) is 5.32 Å². The predicted molar refractivity (Wildman–Crippen MR) is 117 cm³/mol. The van der Waals surface area contributed by atoms with E-state index in [0.29, 0.717) is 46.3 Å². The summed E-state index contributed by atoms with van der Waals surface area (Å²) in [5.74, 6) is 1.37. The number of hydrogen-bond donors (Lipinski definition) is 1. The molecule has 0 aliphatic rings. The SMILES string of the molecule is CCOc1cc(CNc2ccc(Cl)cc2)ccc1OCc1ccc(Cl)cc1Cl. The first-order valence-corrected chi connectivity index (χ1v) is 10.0. The molecule has 146 valence electrons. The number of benzene rings is 3. The first-order chi connectivity index (χ1) is 13.5. The second-order valence-electron chi connectivity index (χ2n) is 6.10. The van der Waals surface area contributed by atoms with Crippen LogP contribution in [0.3, 0.4) is 0 Å². The van der Waals surface area contributed by atoms with E-state index in [-0.39, 0.29) is 0 Å². The van der Waals surface area contributed by atoms with Crippen molar-refractivity contribution in [3.05, 3.63) is 86.9 Å². The van der Waals surface area contributed by atoms with Crippen LogP contribution in [-0.2, 0) is 13.2 Å². The zero-order valence-corrected chi connectivity index (χ0v) is 17.6. The van der Waals surface area contributed by atoms with Crippen molar-refractivity contribution in [1.29, 1.82) is 0 Å². The van der Waals surface area contributed by atoms with E-state index in [0.717, 1.165) is 16.8 Å². The first kappa shape index (κ1) is 20.7. The van der Waals surface area contributed by atoms with Gasteiger partial charge in [-0.15, -0.1) is 0 Å². The lowest BCUT2D eigenvalue weighted by molar-refractivity contribution is 0.269. The van der Waals surface area contributed by atoms with Gasteiger partial charge in [0.25, 0.3) is 0 Å². The molecule has 0 spiro atoms. The van der Waals surface area contributed by atoms with Crippen LogP contribution in [0.2, 0.25) is 15.1 Å². The fraction of sp³-hybridized carbons (Fsp3) is 0.182. The molecular formula is C22H20Cl3NO2. The maximum absolute atomic E-state index is 6.22. The van der Waals surface area contributed by atoms with E-state index in [1.54, 1.807) is 12.1 Å². The minimum atomic E-state index is 0.332. The van der Waals surface area contributed by atoms with Crippen LogP contribution in [0.15, 0.2) is 60.7 Å². The topological polar surface area (TPSA) is 30.5 Å². The number of rotatable bonds is 8. The molecule has 0 aromatic heterocycles. The van der Waals surface area contributed by atoms with Gasteiger partial charge in [0.15, 0.2) is 11.5 Å². The zero-order valence-electron chi connectivity index (χ0n) is 15.3. The van der Waals surface area contributed by atoms with Crippen LogP contribution in [0.1, 0.15) is 18.1 Å². The highest BCUT2D eigenvalue weighted by Gasteiger charge is 2.09. The molecule has 0 aliphatic carbocycles. The molecule has 28 heavy (non-hydrogen) atoms. The quantitative estimate of drug-likeness (QED) is 0.404. The van der Waals surface area contributed by atoms with Gasteiger partial charge in [-0.25, -0.2) is 0 Å². The van der Waals surface area contributed by atoms with Gasteiger partial charge in [-0.3, -0.25) is 0 Å². The summed E-state index contributed by atoms with van der Waals surface area (Å²) in [4.78, 5) is 0. The summed E-state index contributed by atoms with van der Waals surface area (Å²) >= 11 is 18.1. The van der Waals surface area contributed by atoms with E-state index < -0.39 is 0 Å². The molecule has 1 N–H and O–H groups in total. The van der Waals surface area contributed by atoms with Gasteiger partial charge in [0.05, 0.1) is 6.61 Å². The Morgan fingerprint density at radius 3 is 2.25 bits per heavy atom. The maximum Gasteiger partial charge on any atom is 0.161 e. The first-order valence-electron chi connectivity index (χ1n) is 8.87. The monoisotopic (exact) mass is 435 g/mol. The Bertz CT molecular complexity index is 930. The van der Waals surface area contributed by atoms with Crippen LogP contribution in [-0.4, -0.2) is 6.61 Å². The largest absolute Gasteiger partial charge is 0.490 e. The van der Waals surface area contributed by atoms with Crippen molar-refractivity contribution >= 4 is 40.5 Å². The Kier molecular flexibility index (Phi) is 7.32. The van der Waals surface area contributed by atoms with Crippen LogP contribution in [0.5, 0.6) is 11.5 Å². The van der Waals surface area contributed by atoms with E-state index in [1.807, 2.05) is 55.5 Å². The highest BCUT2D eigenvalue weighted by atomic mass is 35.5. The molecule has 0 saturated heterocycles. The van der Waals surface area contributed by atoms with E-state index in [9.17, 15) is 0 Å². The molecule has 3 aromatic rings. The normalized spacial score (nSPS) is 10.6. The van der Waals surface area contributed by atoms with E-state index >= 15 is 0 Å². The molecule has 0 aliphatic heterocycles. The molecule has 0 heterocycles. The number of halogens is 3. The van der Waals surface area contributed by atoms with Gasteiger partial charge in [0, 0.05) is 32.9 Å². The Hall–Kier alpha value is -2.07. The molecule has 0 amide bonds. The fourth-order valence-corrected chi connectivity index (χ4v) is 3.21. The average Bonchev–Trinajstić information content (AvgIpc) is 2.68. The summed E-state index contributed by atoms with van der Waals surface area (Å²) in [6.07, 6.45) is 0. The molecule has 0 saturated carbocycles. The molecule has 0 atom stereocenters. The predicted octanol–water partition coefficient (Wildman–Crippen LogP) is 7.24. The maximum atomic E-state index is 6.22. The van der Waals surface area contributed by atoms with Crippen molar-refractivity contribution in [1.82, 2.24) is 0 Å². The molecule has 3 nitrogen and oxygen atoms in total. The van der Waals surface area contributed by atoms with Gasteiger partial charge < -0.3 is 14.8 Å². The standard InChI is InChI=1S/C22H20Cl3NO2/c1-2-27-22-11-15(13-26-19-8-6-17(23)7-9-19)3-10-21(22)28-14-16-4-5-18(24)12-20(16)25/h3-12,26H,2,13-14H2,1H3. The Morgan fingerprint density at radius 1 is 0.786 bits per heavy atom. The molecular weight excluding hydrogens is 417 g/mol. The lowest BCUT2D eigenvalue weighted by Gasteiger charge is -2.15. The highest BCUT2D eigenvalue weighted by Crippen LogP contribution is 2.31. The van der Waals surface area contributed by atoms with E-state index in [1.165, 1.54) is 0 Å². The summed E-state index contributed by atoms with van der Waals surface area (Å²) < 4.78 is 11.7. The van der Waals surface area contributed by atoms with Crippen molar-refractivity contribution in [2.45, 2.75) is 20.1 Å². The zero-order chi connectivity index (χ0) is 19.9. The van der Waals surface area contributed by atoms with Crippen molar-refractivity contribution in [2.75, 3.05) is 11.9 Å². The highest BCUT2D eigenvalue weighted by molar-refractivity contribution is 6.35. The van der Waals surface area contributed by atoms with Crippen LogP contribution in [0.4, 0.5) is 5.69 Å². The minimum absolute atomic E-state index is 0.332. The van der Waals surface area contributed by atoms with Gasteiger partial charge in [-0.1, -0.05) is 46.9 Å². The van der Waals surface area contributed by atoms with E-state index in [4.69, 9.17) is 44.3 Å². The lowest BCUT2D eigenvalue weighted by atomic mass is 10.2. The van der Waals surface area contributed by atoms with Crippen LogP contribution in [0, 0.1) is 0 Å². The van der Waals surface area contributed by atoms with Crippen molar-refractivity contribution in [2.24, 2.45) is 0 Å². The number of nitrogens with one attached hydrogen (secondary N) is 1. The second kappa shape index (κ2) is 9.92. The smallest absolute Gasteiger partial charge is 0.161 e. The average molecular weight is 437 g/mol. The Labute approximate surface area is 180 Å². The van der Waals surface area contributed by atoms with Gasteiger partial charge >= 0.3 is 0 Å². The Morgan fingerprint density at radius 2 is 1.54 bits per heavy atom. The molecule has 3 aromatic carbocycles. The lowest BCUT2D eigenvalue weighted by Crippen LogP contribution is -2.03. The number of ether oxygens (including phenoxy) is 2. The second-order valence-corrected chi connectivity index (χ2v) is 7.38. The third kappa shape index (κ3) is 5.71. The summed E-state index contributed by atoms with van der Waals surface area (Å²) in [5.41, 5.74) is 2.94. The summed E-state index contributed by atoms with van der Waals surface area (Å²) in [6.45, 7) is 3.48. The molecule has 0 unspecified atom stereocenters. The minimum Gasteiger partial charge on any atom is -0.490 e. The molecule has 0 radical (unpaired) electrons. The molecule has 0 fully saturated rings. The van der Waals surface area contributed by atoms with Crippen LogP contribution >= 0.6 is 34.8 Å². The summed E-state index contributed by atoms with van der Waals surface area (Å²) in [5, 5.41) is 5.25. The fourth-order valence-electron chi connectivity index (χ4n) is 2.62. The van der Waals surface area contributed by atoms with Crippen molar-refractivity contribution in [3.63, 3.8) is 0 Å². The third-order valence-electron chi connectivity index (χ3n) is 4.05. The summed E-state index contributed by atoms with van der Waals surface area (Å²) in [6, 6.07) is 18.8. The number of anilines is 1. The van der Waals surface area contributed by atoms with Crippen molar-refractivity contribution in [3.8, 4) is 11.5 Å². The molecule has 6 heteroatoms. The third-order valence-corrected chi connectivity index (χ3v) is 4.89. The van der Waals surface area contributed by atoms with Crippen LogP contribution in [0.25, 0.3) is 0 Å². The molecule has 0 bridgehead atoms. The van der Waals surface area contributed by atoms with Crippen molar-refractivity contribution < 1.29 is 9.47 Å². The van der Waals surface area contributed by atoms with Gasteiger partial charge in [-0.05, 0) is 61.0 Å². The van der Waals surface area contributed by atoms with Gasteiger partial charge in [-0.2, -0.15) is 0 Å². The van der Waals surface area contributed by atoms with Gasteiger partial charge in [0.2, 0.25) is 0 Å². The molecule has 3 rings (SSSR count). The Balaban J connectivity index is 1.68. The van der Waals surface area contributed by atoms with Crippen LogP contribution < -0.4 is 14.8 Å². The van der Waals surface area contributed by atoms with Gasteiger partial charge in [0.1, 0.15) is 6.61 Å². The summed E-state index contributed by atoms with van der Waals surface area (Å²) in [7, 11) is 0. The number of hydrogen-bond acceptors (Lipinski definition) is 3.